The lowest BCUT2D eigenvalue weighted by molar-refractivity contribution is -0.384. The van der Waals surface area contributed by atoms with Crippen molar-refractivity contribution in [1.82, 2.24) is 10.2 Å². The van der Waals surface area contributed by atoms with Gasteiger partial charge >= 0.3 is 0 Å². The summed E-state index contributed by atoms with van der Waals surface area (Å²) < 4.78 is 5.80. The van der Waals surface area contributed by atoms with E-state index in [-0.39, 0.29) is 22.4 Å². The predicted molar refractivity (Wildman–Crippen MR) is 104 cm³/mol. The minimum atomic E-state index is -0.827. The Kier molecular flexibility index (Phi) is 3.74. The number of rotatable bonds is 3. The lowest BCUT2D eigenvalue weighted by Crippen LogP contribution is -2.29. The van der Waals surface area contributed by atoms with E-state index in [1.165, 1.54) is 34.7 Å². The summed E-state index contributed by atoms with van der Waals surface area (Å²) >= 11 is 1.14. The van der Waals surface area contributed by atoms with Crippen molar-refractivity contribution in [3.63, 3.8) is 0 Å². The molecule has 0 fully saturated rings. The third-order valence-electron chi connectivity index (χ3n) is 4.75. The maximum absolute atomic E-state index is 13.3. The molecule has 0 radical (unpaired) electrons. The molecule has 5 rings (SSSR count). The first-order valence-electron chi connectivity index (χ1n) is 8.46. The van der Waals surface area contributed by atoms with Gasteiger partial charge in [0.15, 0.2) is 5.43 Å². The minimum absolute atomic E-state index is 0.0627. The van der Waals surface area contributed by atoms with Gasteiger partial charge < -0.3 is 4.42 Å². The van der Waals surface area contributed by atoms with Crippen molar-refractivity contribution in [3.8, 4) is 0 Å². The molecule has 9 nitrogen and oxygen atoms in total. The molecule has 1 aliphatic heterocycles. The topological polar surface area (TPSA) is 119 Å². The summed E-state index contributed by atoms with van der Waals surface area (Å²) in [5.41, 5.74) is 2.07. The molecule has 29 heavy (non-hydrogen) atoms. The molecule has 1 amide bonds. The minimum Gasteiger partial charge on any atom is -0.450 e. The van der Waals surface area contributed by atoms with Gasteiger partial charge in [-0.3, -0.25) is 24.6 Å². The van der Waals surface area contributed by atoms with Crippen molar-refractivity contribution in [2.75, 3.05) is 4.90 Å². The predicted octanol–water partition coefficient (Wildman–Crippen LogP) is 3.30. The van der Waals surface area contributed by atoms with E-state index in [2.05, 4.69) is 10.2 Å². The number of non-ortho nitro benzene ring substituents is 1. The number of hydrogen-bond acceptors (Lipinski definition) is 8. The van der Waals surface area contributed by atoms with Crippen molar-refractivity contribution in [2.24, 2.45) is 0 Å². The van der Waals surface area contributed by atoms with Crippen LogP contribution in [0.2, 0.25) is 0 Å². The van der Waals surface area contributed by atoms with Crippen LogP contribution in [0.15, 0.2) is 63.3 Å². The quantitative estimate of drug-likeness (QED) is 0.378. The molecule has 142 valence electrons. The molecule has 1 aliphatic rings. The fraction of sp³-hybridized carbons (Fsp3) is 0.0526. The van der Waals surface area contributed by atoms with E-state index < -0.39 is 16.9 Å². The molecule has 3 heterocycles. The maximum Gasteiger partial charge on any atom is 0.297 e. The first kappa shape index (κ1) is 17.2. The van der Waals surface area contributed by atoms with Crippen LogP contribution >= 0.6 is 11.3 Å². The summed E-state index contributed by atoms with van der Waals surface area (Å²) in [6.07, 6.45) is 0. The number of nitro benzene ring substituents is 1. The molecule has 2 aromatic carbocycles. The maximum atomic E-state index is 13.3. The highest BCUT2D eigenvalue weighted by molar-refractivity contribution is 7.13. The van der Waals surface area contributed by atoms with Crippen LogP contribution < -0.4 is 10.3 Å². The zero-order valence-electron chi connectivity index (χ0n) is 14.5. The van der Waals surface area contributed by atoms with Gasteiger partial charge in [0.1, 0.15) is 11.1 Å². The molecule has 0 N–H and O–H groups in total. The standard InChI is InChI=1S/C19H10N4O5S/c24-16-12-3-1-2-4-13(12)28-17-14(16)15(10-5-7-11(8-6-10)23(26)27)22(18(17)25)19-21-20-9-29-19/h1-9,15H. The highest BCUT2D eigenvalue weighted by Crippen LogP contribution is 2.41. The van der Waals surface area contributed by atoms with Crippen LogP contribution in [0.5, 0.6) is 0 Å². The van der Waals surface area contributed by atoms with Crippen molar-refractivity contribution in [3.05, 3.63) is 91.3 Å². The number of anilines is 1. The van der Waals surface area contributed by atoms with Crippen molar-refractivity contribution < 1.29 is 14.1 Å². The molecular weight excluding hydrogens is 396 g/mol. The molecule has 0 bridgehead atoms. The van der Waals surface area contributed by atoms with Gasteiger partial charge in [-0.1, -0.05) is 23.5 Å². The van der Waals surface area contributed by atoms with Crippen molar-refractivity contribution >= 4 is 39.0 Å². The van der Waals surface area contributed by atoms with Gasteiger partial charge in [0, 0.05) is 12.1 Å². The molecule has 1 unspecified atom stereocenters. The lowest BCUT2D eigenvalue weighted by atomic mass is 9.98. The Balaban J connectivity index is 1.79. The fourth-order valence-electron chi connectivity index (χ4n) is 3.48. The second kappa shape index (κ2) is 6.31. The third kappa shape index (κ3) is 2.53. The Morgan fingerprint density at radius 1 is 1.10 bits per heavy atom. The Labute approximate surface area is 166 Å². The Hall–Kier alpha value is -3.92. The molecule has 0 aliphatic carbocycles. The zero-order chi connectivity index (χ0) is 20.1. The first-order chi connectivity index (χ1) is 14.1. The Bertz CT molecular complexity index is 1330. The average molecular weight is 406 g/mol. The van der Waals surface area contributed by atoms with E-state index >= 15 is 0 Å². The van der Waals surface area contributed by atoms with Gasteiger partial charge in [0.05, 0.1) is 21.9 Å². The van der Waals surface area contributed by atoms with Crippen molar-refractivity contribution in [2.45, 2.75) is 6.04 Å². The smallest absolute Gasteiger partial charge is 0.297 e. The lowest BCUT2D eigenvalue weighted by Gasteiger charge is -2.21. The highest BCUT2D eigenvalue weighted by Gasteiger charge is 2.45. The SMILES string of the molecule is O=C1c2oc3ccccc3c(=O)c2C(c2ccc([N+](=O)[O-])cc2)N1c1nncs1. The molecule has 10 heteroatoms. The van der Waals surface area contributed by atoms with Gasteiger partial charge in [-0.2, -0.15) is 0 Å². The Morgan fingerprint density at radius 2 is 1.86 bits per heavy atom. The van der Waals surface area contributed by atoms with E-state index in [9.17, 15) is 19.7 Å². The molecule has 0 saturated heterocycles. The number of carbonyl (C=O) groups is 1. The third-order valence-corrected chi connectivity index (χ3v) is 5.44. The second-order valence-electron chi connectivity index (χ2n) is 6.32. The fourth-order valence-corrected chi connectivity index (χ4v) is 4.07. The monoisotopic (exact) mass is 406 g/mol. The van der Waals surface area contributed by atoms with Gasteiger partial charge in [-0.15, -0.1) is 10.2 Å². The number of amides is 1. The van der Waals surface area contributed by atoms with Gasteiger partial charge in [0.2, 0.25) is 10.9 Å². The number of aromatic nitrogens is 2. The number of nitrogens with zero attached hydrogens (tertiary/aromatic N) is 4. The molecule has 4 aromatic rings. The van der Waals surface area contributed by atoms with E-state index in [1.807, 2.05) is 0 Å². The summed E-state index contributed by atoms with van der Waals surface area (Å²) in [5.74, 6) is -0.574. The van der Waals surface area contributed by atoms with Gasteiger partial charge in [0.25, 0.3) is 11.6 Å². The summed E-state index contributed by atoms with van der Waals surface area (Å²) in [4.78, 5) is 38.3. The number of hydrogen-bond donors (Lipinski definition) is 0. The van der Waals surface area contributed by atoms with Gasteiger partial charge in [-0.05, 0) is 29.8 Å². The van der Waals surface area contributed by atoms with Crippen LogP contribution in [0.25, 0.3) is 11.0 Å². The molecule has 1 atom stereocenters. The van der Waals surface area contributed by atoms with Crippen LogP contribution in [-0.2, 0) is 0 Å². The number of para-hydroxylation sites is 1. The van der Waals surface area contributed by atoms with Crippen LogP contribution in [0.4, 0.5) is 10.8 Å². The second-order valence-corrected chi connectivity index (χ2v) is 7.13. The van der Waals surface area contributed by atoms with Crippen LogP contribution in [0.3, 0.4) is 0 Å². The zero-order valence-corrected chi connectivity index (χ0v) is 15.3. The van der Waals surface area contributed by atoms with E-state index in [0.717, 1.165) is 11.3 Å². The van der Waals surface area contributed by atoms with Crippen LogP contribution in [-0.4, -0.2) is 21.0 Å². The highest BCUT2D eigenvalue weighted by atomic mass is 32.1. The molecule has 0 spiro atoms. The van der Waals surface area contributed by atoms with Crippen molar-refractivity contribution in [1.29, 1.82) is 0 Å². The number of nitro groups is 1. The average Bonchev–Trinajstić information content (AvgIpc) is 3.35. The van der Waals surface area contributed by atoms with E-state index in [1.54, 1.807) is 24.3 Å². The summed E-state index contributed by atoms with van der Waals surface area (Å²) in [6.45, 7) is 0. The molecular formula is C19H10N4O5S. The van der Waals surface area contributed by atoms with E-state index in [4.69, 9.17) is 4.42 Å². The summed E-state index contributed by atoms with van der Waals surface area (Å²) in [6, 6.07) is 11.6. The first-order valence-corrected chi connectivity index (χ1v) is 9.34. The normalized spacial score (nSPS) is 15.7. The largest absolute Gasteiger partial charge is 0.450 e. The summed E-state index contributed by atoms with van der Waals surface area (Å²) in [7, 11) is 0. The number of carbonyl (C=O) groups excluding carboxylic acids is 1. The number of benzene rings is 2. The number of fused-ring (bicyclic) bond motifs is 2. The van der Waals surface area contributed by atoms with Gasteiger partial charge in [-0.25, -0.2) is 0 Å². The summed E-state index contributed by atoms with van der Waals surface area (Å²) in [5, 5.41) is 19.4. The Morgan fingerprint density at radius 3 is 2.55 bits per heavy atom. The van der Waals surface area contributed by atoms with E-state index in [0.29, 0.717) is 21.7 Å². The molecule has 0 saturated carbocycles. The van der Waals surface area contributed by atoms with Crippen LogP contribution in [0, 0.1) is 10.1 Å². The molecule has 2 aromatic heterocycles. The van der Waals surface area contributed by atoms with Crippen LogP contribution in [0.1, 0.15) is 27.7 Å².